The fourth-order valence-corrected chi connectivity index (χ4v) is 0.400. The molecule has 0 fully saturated rings. The van der Waals surface area contributed by atoms with E-state index in [4.69, 9.17) is 5.73 Å². The zero-order chi connectivity index (χ0) is 8.85. The Morgan fingerprint density at radius 3 is 2.45 bits per heavy atom. The van der Waals surface area contributed by atoms with Gasteiger partial charge < -0.3 is 5.73 Å². The van der Waals surface area contributed by atoms with Crippen LogP contribution in [0, 0.1) is 5.92 Å². The number of nitrogens with two attached hydrogens (primary N) is 1. The van der Waals surface area contributed by atoms with Crippen LogP contribution in [0.5, 0.6) is 0 Å². The predicted octanol–water partition coefficient (Wildman–Crippen LogP) is 2.09. The van der Waals surface area contributed by atoms with Crippen LogP contribution in [0.25, 0.3) is 0 Å². The molecule has 2 N–H and O–H groups in total. The smallest absolute Gasteiger partial charge is 0.0287 e. The summed E-state index contributed by atoms with van der Waals surface area (Å²) < 4.78 is 0. The van der Waals surface area contributed by atoms with E-state index >= 15 is 0 Å². The van der Waals surface area contributed by atoms with E-state index in [1.54, 1.807) is 12.3 Å². The van der Waals surface area contributed by atoms with Crippen molar-refractivity contribution in [2.75, 3.05) is 0 Å². The van der Waals surface area contributed by atoms with E-state index in [2.05, 4.69) is 25.4 Å². The van der Waals surface area contributed by atoms with Gasteiger partial charge in [0.15, 0.2) is 0 Å². The number of hydrogen-bond donors (Lipinski definition) is 1. The molecule has 2 heteroatoms. The van der Waals surface area contributed by atoms with Crippen LogP contribution in [-0.2, 0) is 0 Å². The lowest BCUT2D eigenvalue weighted by molar-refractivity contribution is 0.878. The Bertz CT molecular complexity index is 188. The minimum atomic E-state index is 0.491. The van der Waals surface area contributed by atoms with E-state index in [0.717, 1.165) is 5.71 Å². The molecule has 0 aliphatic carbocycles. The van der Waals surface area contributed by atoms with Gasteiger partial charge in [0.25, 0.3) is 0 Å². The molecule has 0 unspecified atom stereocenters. The topological polar surface area (TPSA) is 38.4 Å². The van der Waals surface area contributed by atoms with Gasteiger partial charge in [0.1, 0.15) is 0 Å². The lowest BCUT2D eigenvalue weighted by atomic mass is 10.1. The van der Waals surface area contributed by atoms with Crippen molar-refractivity contribution in [1.82, 2.24) is 0 Å². The summed E-state index contributed by atoms with van der Waals surface area (Å²) in [6, 6.07) is 0. The summed E-state index contributed by atoms with van der Waals surface area (Å²) in [6.45, 7) is 9.72. The Morgan fingerprint density at radius 1 is 1.55 bits per heavy atom. The number of allylic oxidation sites excluding steroid dienone is 1. The van der Waals surface area contributed by atoms with E-state index in [0.29, 0.717) is 11.6 Å². The summed E-state index contributed by atoms with van der Waals surface area (Å²) in [6.07, 6.45) is 3.36. The zero-order valence-corrected chi connectivity index (χ0v) is 7.46. The van der Waals surface area contributed by atoms with E-state index < -0.39 is 0 Å². The third-order valence-electron chi connectivity index (χ3n) is 1.40. The van der Waals surface area contributed by atoms with E-state index in [1.165, 1.54) is 0 Å². The first-order valence-electron chi connectivity index (χ1n) is 3.69. The minimum Gasteiger partial charge on any atom is -0.399 e. The highest BCUT2D eigenvalue weighted by atomic mass is 14.7. The highest BCUT2D eigenvalue weighted by Crippen LogP contribution is 1.96. The van der Waals surface area contributed by atoms with Crippen molar-refractivity contribution in [3.05, 3.63) is 24.6 Å². The Kier molecular flexibility index (Phi) is 4.27. The third-order valence-corrected chi connectivity index (χ3v) is 1.40. The van der Waals surface area contributed by atoms with Crippen LogP contribution < -0.4 is 5.73 Å². The average Bonchev–Trinajstić information content (AvgIpc) is 1.86. The Hall–Kier alpha value is -1.05. The first-order valence-corrected chi connectivity index (χ1v) is 3.69. The Labute approximate surface area is 68.5 Å². The molecule has 0 aromatic rings. The van der Waals surface area contributed by atoms with Gasteiger partial charge in [0.2, 0.25) is 0 Å². The van der Waals surface area contributed by atoms with Gasteiger partial charge in [-0.2, -0.15) is 0 Å². The maximum Gasteiger partial charge on any atom is 0.0287 e. The summed E-state index contributed by atoms with van der Waals surface area (Å²) in [7, 11) is 0. The molecular weight excluding hydrogens is 136 g/mol. The molecule has 2 nitrogen and oxygen atoms in total. The minimum absolute atomic E-state index is 0.491. The summed E-state index contributed by atoms with van der Waals surface area (Å²) >= 11 is 0. The summed E-state index contributed by atoms with van der Waals surface area (Å²) in [4.78, 5) is 4.16. The summed E-state index contributed by atoms with van der Waals surface area (Å²) in [5.74, 6) is 0.491. The summed E-state index contributed by atoms with van der Waals surface area (Å²) in [5.41, 5.74) is 6.94. The molecule has 0 radical (unpaired) electrons. The second-order valence-electron chi connectivity index (χ2n) is 2.82. The Balaban J connectivity index is 4.01. The number of rotatable bonds is 3. The van der Waals surface area contributed by atoms with Crippen LogP contribution in [0.1, 0.15) is 20.8 Å². The van der Waals surface area contributed by atoms with Crippen molar-refractivity contribution in [1.29, 1.82) is 0 Å². The van der Waals surface area contributed by atoms with Crippen molar-refractivity contribution in [3.63, 3.8) is 0 Å². The van der Waals surface area contributed by atoms with Gasteiger partial charge in [0.05, 0.1) is 0 Å². The molecule has 0 aromatic carbocycles. The molecule has 0 spiro atoms. The SMILES string of the molecule is C=C(N)/C=C\N=C(/C)C(C)C. The maximum atomic E-state index is 5.30. The lowest BCUT2D eigenvalue weighted by Crippen LogP contribution is -2.00. The highest BCUT2D eigenvalue weighted by Gasteiger charge is 1.93. The highest BCUT2D eigenvalue weighted by molar-refractivity contribution is 5.84. The van der Waals surface area contributed by atoms with Crippen molar-refractivity contribution in [2.45, 2.75) is 20.8 Å². The standard InChI is InChI=1S/C9H16N2/c1-7(2)9(4)11-6-5-8(3)10/h5-7H,3,10H2,1-2,4H3/b6-5-,11-9+. The largest absolute Gasteiger partial charge is 0.399 e. The summed E-state index contributed by atoms with van der Waals surface area (Å²) in [5, 5.41) is 0. The van der Waals surface area contributed by atoms with Gasteiger partial charge in [-0.15, -0.1) is 0 Å². The first-order chi connectivity index (χ1) is 5.04. The Morgan fingerprint density at radius 2 is 2.09 bits per heavy atom. The van der Waals surface area contributed by atoms with Gasteiger partial charge in [-0.25, -0.2) is 0 Å². The van der Waals surface area contributed by atoms with Crippen molar-refractivity contribution in [3.8, 4) is 0 Å². The molecule has 0 bridgehead atoms. The fraction of sp³-hybridized carbons (Fsp3) is 0.444. The second-order valence-corrected chi connectivity index (χ2v) is 2.82. The van der Waals surface area contributed by atoms with Crippen LogP contribution in [0.3, 0.4) is 0 Å². The van der Waals surface area contributed by atoms with Crippen molar-refractivity contribution in [2.24, 2.45) is 16.6 Å². The molecule has 0 atom stereocenters. The molecule has 0 aliphatic heterocycles. The molecule has 0 rings (SSSR count). The molecule has 0 aliphatic rings. The van der Waals surface area contributed by atoms with E-state index in [1.807, 2.05) is 6.92 Å². The molecule has 0 heterocycles. The van der Waals surface area contributed by atoms with Crippen molar-refractivity contribution >= 4 is 5.71 Å². The quantitative estimate of drug-likeness (QED) is 0.488. The van der Waals surface area contributed by atoms with Crippen LogP contribution in [0.2, 0.25) is 0 Å². The third kappa shape index (κ3) is 5.40. The van der Waals surface area contributed by atoms with Crippen LogP contribution >= 0.6 is 0 Å². The van der Waals surface area contributed by atoms with E-state index in [9.17, 15) is 0 Å². The fourth-order valence-electron chi connectivity index (χ4n) is 0.400. The molecule has 0 aromatic heterocycles. The molecular formula is C9H16N2. The molecule has 0 saturated carbocycles. The number of nitrogens with zero attached hydrogens (tertiary/aromatic N) is 1. The van der Waals surface area contributed by atoms with Crippen molar-refractivity contribution < 1.29 is 0 Å². The molecule has 62 valence electrons. The first kappa shape index (κ1) is 9.95. The van der Waals surface area contributed by atoms with Crippen LogP contribution in [-0.4, -0.2) is 5.71 Å². The second kappa shape index (κ2) is 4.72. The normalized spacial score (nSPS) is 12.9. The molecule has 0 amide bonds. The zero-order valence-electron chi connectivity index (χ0n) is 7.46. The van der Waals surface area contributed by atoms with E-state index in [-0.39, 0.29) is 0 Å². The van der Waals surface area contributed by atoms with Gasteiger partial charge in [-0.05, 0) is 18.9 Å². The molecule has 11 heavy (non-hydrogen) atoms. The van der Waals surface area contributed by atoms with Crippen LogP contribution in [0.15, 0.2) is 29.5 Å². The number of hydrogen-bond acceptors (Lipinski definition) is 2. The van der Waals surface area contributed by atoms with Gasteiger partial charge >= 0.3 is 0 Å². The predicted molar refractivity (Wildman–Crippen MR) is 50.4 cm³/mol. The lowest BCUT2D eigenvalue weighted by Gasteiger charge is -1.99. The van der Waals surface area contributed by atoms with Gasteiger partial charge in [0, 0.05) is 17.6 Å². The maximum absolute atomic E-state index is 5.30. The monoisotopic (exact) mass is 152 g/mol. The average molecular weight is 152 g/mol. The number of aliphatic imine (C=N–C) groups is 1. The molecule has 0 saturated heterocycles. The van der Waals surface area contributed by atoms with Gasteiger partial charge in [-0.1, -0.05) is 20.4 Å². The van der Waals surface area contributed by atoms with Crippen LogP contribution in [0.4, 0.5) is 0 Å². The van der Waals surface area contributed by atoms with Gasteiger partial charge in [-0.3, -0.25) is 4.99 Å².